The van der Waals surface area contributed by atoms with Crippen LogP contribution >= 0.6 is 0 Å². The maximum Gasteiger partial charge on any atom is 0.207 e. The molecule has 3 heteroatoms. The van der Waals surface area contributed by atoms with Crippen LogP contribution in [0.4, 0.5) is 0 Å². The van der Waals surface area contributed by atoms with Gasteiger partial charge in [0, 0.05) is 6.20 Å². The molecule has 2 rings (SSSR count). The molecule has 0 fully saturated rings. The largest absolute Gasteiger partial charge is 0.359 e. The zero-order valence-corrected chi connectivity index (χ0v) is 8.59. The Hall–Kier alpha value is -2.08. The Kier molecular flexibility index (Phi) is 2.05. The summed E-state index contributed by atoms with van der Waals surface area (Å²) in [6.45, 7) is 3.81. The van der Waals surface area contributed by atoms with Crippen molar-refractivity contribution in [3.05, 3.63) is 45.2 Å². The van der Waals surface area contributed by atoms with Crippen LogP contribution in [0, 0.1) is 25.2 Å². The number of aromatic amines is 1. The van der Waals surface area contributed by atoms with Gasteiger partial charge in [-0.3, -0.25) is 4.79 Å². The molecular weight excluding hydrogens is 188 g/mol. The molecule has 15 heavy (non-hydrogen) atoms. The minimum atomic E-state index is -0.188. The van der Waals surface area contributed by atoms with E-state index >= 15 is 0 Å². The van der Waals surface area contributed by atoms with Gasteiger partial charge in [-0.25, -0.2) is 0 Å². The molecule has 0 aliphatic heterocycles. The number of rotatable bonds is 0. The van der Waals surface area contributed by atoms with Gasteiger partial charge in [0.15, 0.2) is 0 Å². The summed E-state index contributed by atoms with van der Waals surface area (Å²) >= 11 is 0. The van der Waals surface area contributed by atoms with Crippen LogP contribution < -0.4 is 5.43 Å². The lowest BCUT2D eigenvalue weighted by Crippen LogP contribution is -2.09. The fourth-order valence-corrected chi connectivity index (χ4v) is 1.72. The van der Waals surface area contributed by atoms with Gasteiger partial charge >= 0.3 is 0 Å². The Balaban J connectivity index is 3.07. The highest BCUT2D eigenvalue weighted by Crippen LogP contribution is 2.16. The molecule has 3 nitrogen and oxygen atoms in total. The molecule has 0 unspecified atom stereocenters. The summed E-state index contributed by atoms with van der Waals surface area (Å²) in [4.78, 5) is 14.9. The monoisotopic (exact) mass is 198 g/mol. The van der Waals surface area contributed by atoms with Crippen LogP contribution in [0.15, 0.2) is 23.1 Å². The van der Waals surface area contributed by atoms with Crippen LogP contribution in [0.3, 0.4) is 0 Å². The van der Waals surface area contributed by atoms with Gasteiger partial charge in [0.2, 0.25) is 5.43 Å². The molecule has 1 aromatic heterocycles. The smallest absolute Gasteiger partial charge is 0.207 e. The Morgan fingerprint density at radius 1 is 1.27 bits per heavy atom. The SMILES string of the molecule is Cc1ccc(C)c2c(=O)c(C#N)c[nH]c12. The van der Waals surface area contributed by atoms with Gasteiger partial charge in [0.25, 0.3) is 0 Å². The van der Waals surface area contributed by atoms with E-state index in [9.17, 15) is 4.79 Å². The van der Waals surface area contributed by atoms with E-state index in [-0.39, 0.29) is 11.0 Å². The third-order valence-corrected chi connectivity index (χ3v) is 2.57. The first-order valence-corrected chi connectivity index (χ1v) is 4.67. The number of aromatic nitrogens is 1. The molecule has 0 aliphatic carbocycles. The fourth-order valence-electron chi connectivity index (χ4n) is 1.72. The lowest BCUT2D eigenvalue weighted by molar-refractivity contribution is 1.30. The van der Waals surface area contributed by atoms with Gasteiger partial charge in [-0.15, -0.1) is 0 Å². The van der Waals surface area contributed by atoms with Crippen molar-refractivity contribution in [2.45, 2.75) is 13.8 Å². The van der Waals surface area contributed by atoms with Gasteiger partial charge < -0.3 is 4.98 Å². The highest BCUT2D eigenvalue weighted by Gasteiger charge is 2.08. The van der Waals surface area contributed by atoms with Crippen LogP contribution in [0.5, 0.6) is 0 Å². The van der Waals surface area contributed by atoms with Crippen molar-refractivity contribution in [2.24, 2.45) is 0 Å². The number of aryl methyl sites for hydroxylation is 2. The summed E-state index contributed by atoms with van der Waals surface area (Å²) in [6, 6.07) is 5.75. The topological polar surface area (TPSA) is 56.6 Å². The summed E-state index contributed by atoms with van der Waals surface area (Å²) < 4.78 is 0. The van der Waals surface area contributed by atoms with E-state index < -0.39 is 0 Å². The number of H-pyrrole nitrogens is 1. The molecule has 74 valence electrons. The van der Waals surface area contributed by atoms with E-state index in [0.717, 1.165) is 16.6 Å². The first-order chi connectivity index (χ1) is 7.15. The van der Waals surface area contributed by atoms with Crippen molar-refractivity contribution in [2.75, 3.05) is 0 Å². The highest BCUT2D eigenvalue weighted by atomic mass is 16.1. The second kappa shape index (κ2) is 3.25. The van der Waals surface area contributed by atoms with Crippen LogP contribution in [0.1, 0.15) is 16.7 Å². The molecule has 0 bridgehead atoms. The van der Waals surface area contributed by atoms with Crippen LogP contribution in [0.2, 0.25) is 0 Å². The molecule has 2 aromatic rings. The average molecular weight is 198 g/mol. The number of nitrogens with one attached hydrogen (secondary N) is 1. The van der Waals surface area contributed by atoms with E-state index in [1.54, 1.807) is 0 Å². The summed E-state index contributed by atoms with van der Waals surface area (Å²) in [5, 5.41) is 9.39. The molecule has 0 amide bonds. The number of nitriles is 1. The summed E-state index contributed by atoms with van der Waals surface area (Å²) in [5.74, 6) is 0. The minimum Gasteiger partial charge on any atom is -0.359 e. The molecule has 0 saturated heterocycles. The van der Waals surface area contributed by atoms with E-state index in [2.05, 4.69) is 4.98 Å². The zero-order chi connectivity index (χ0) is 11.0. The molecule has 1 aromatic carbocycles. The van der Waals surface area contributed by atoms with Crippen molar-refractivity contribution in [1.29, 1.82) is 5.26 Å². The third-order valence-electron chi connectivity index (χ3n) is 2.57. The lowest BCUT2D eigenvalue weighted by Gasteiger charge is -2.04. The molecule has 0 saturated carbocycles. The Morgan fingerprint density at radius 3 is 2.60 bits per heavy atom. The number of benzene rings is 1. The summed E-state index contributed by atoms with van der Waals surface area (Å²) in [6.07, 6.45) is 1.47. The molecule has 0 aliphatic rings. The predicted molar refractivity (Wildman–Crippen MR) is 58.8 cm³/mol. The average Bonchev–Trinajstić information content (AvgIpc) is 2.23. The number of pyridine rings is 1. The van der Waals surface area contributed by atoms with Gasteiger partial charge in [0.05, 0.1) is 10.9 Å². The number of nitrogens with zero attached hydrogens (tertiary/aromatic N) is 1. The highest BCUT2D eigenvalue weighted by molar-refractivity contribution is 5.85. The molecule has 0 radical (unpaired) electrons. The molecule has 1 N–H and O–H groups in total. The molecule has 0 atom stereocenters. The van der Waals surface area contributed by atoms with Gasteiger partial charge in [-0.05, 0) is 25.0 Å². The van der Waals surface area contributed by atoms with Crippen LogP contribution in [-0.2, 0) is 0 Å². The zero-order valence-electron chi connectivity index (χ0n) is 8.59. The minimum absolute atomic E-state index is 0.163. The van der Waals surface area contributed by atoms with E-state index in [1.807, 2.05) is 32.0 Å². The fraction of sp³-hybridized carbons (Fsp3) is 0.167. The second-order valence-corrected chi connectivity index (χ2v) is 3.59. The summed E-state index contributed by atoms with van der Waals surface area (Å²) in [7, 11) is 0. The van der Waals surface area contributed by atoms with Crippen molar-refractivity contribution in [3.63, 3.8) is 0 Å². The van der Waals surface area contributed by atoms with Gasteiger partial charge in [0.1, 0.15) is 11.6 Å². The quantitative estimate of drug-likeness (QED) is 0.704. The number of hydrogen-bond acceptors (Lipinski definition) is 2. The van der Waals surface area contributed by atoms with Crippen molar-refractivity contribution in [3.8, 4) is 6.07 Å². The Labute approximate surface area is 87.0 Å². The third kappa shape index (κ3) is 1.31. The lowest BCUT2D eigenvalue weighted by atomic mass is 10.0. The summed E-state index contributed by atoms with van der Waals surface area (Å²) in [5.41, 5.74) is 2.70. The second-order valence-electron chi connectivity index (χ2n) is 3.59. The van der Waals surface area contributed by atoms with E-state index in [4.69, 9.17) is 5.26 Å². The van der Waals surface area contributed by atoms with Crippen molar-refractivity contribution in [1.82, 2.24) is 4.98 Å². The molecule has 0 spiro atoms. The first kappa shape index (κ1) is 9.47. The Bertz CT molecular complexity index is 632. The first-order valence-electron chi connectivity index (χ1n) is 4.67. The standard InChI is InChI=1S/C12H10N2O/c1-7-3-4-8(2)11-10(7)12(15)9(5-13)6-14-11/h3-4,6H,1-2H3,(H,14,15). The molecular formula is C12H10N2O. The van der Waals surface area contributed by atoms with E-state index in [1.165, 1.54) is 6.20 Å². The van der Waals surface area contributed by atoms with Crippen LogP contribution in [0.25, 0.3) is 10.9 Å². The van der Waals surface area contributed by atoms with Crippen LogP contribution in [-0.4, -0.2) is 4.98 Å². The predicted octanol–water partition coefficient (Wildman–Crippen LogP) is 2.02. The number of fused-ring (bicyclic) bond motifs is 1. The van der Waals surface area contributed by atoms with Gasteiger partial charge in [-0.2, -0.15) is 5.26 Å². The normalized spacial score (nSPS) is 10.2. The molecule has 1 heterocycles. The Morgan fingerprint density at radius 2 is 1.93 bits per heavy atom. The van der Waals surface area contributed by atoms with Crippen molar-refractivity contribution >= 4 is 10.9 Å². The maximum absolute atomic E-state index is 11.9. The van der Waals surface area contributed by atoms with Gasteiger partial charge in [-0.1, -0.05) is 12.1 Å². The number of hydrogen-bond donors (Lipinski definition) is 1. The maximum atomic E-state index is 11.9. The van der Waals surface area contributed by atoms with E-state index in [0.29, 0.717) is 5.39 Å². The van der Waals surface area contributed by atoms with Crippen molar-refractivity contribution < 1.29 is 0 Å².